The lowest BCUT2D eigenvalue weighted by atomic mass is 10.1. The first-order chi connectivity index (χ1) is 10.8. The topological polar surface area (TPSA) is 115 Å². The summed E-state index contributed by atoms with van der Waals surface area (Å²) in [7, 11) is -4.27. The summed E-state index contributed by atoms with van der Waals surface area (Å²) in [6.45, 7) is 0. The van der Waals surface area contributed by atoms with E-state index in [1.54, 1.807) is 0 Å². The predicted octanol–water partition coefficient (Wildman–Crippen LogP) is 1.58. The van der Waals surface area contributed by atoms with Crippen LogP contribution >= 0.6 is 0 Å². The predicted molar refractivity (Wildman–Crippen MR) is 77.2 cm³/mol. The zero-order valence-electron chi connectivity index (χ0n) is 11.4. The third kappa shape index (κ3) is 2.18. The number of rotatable bonds is 2. The summed E-state index contributed by atoms with van der Waals surface area (Å²) >= 11 is 0. The highest BCUT2D eigenvalue weighted by molar-refractivity contribution is 7.90. The van der Waals surface area contributed by atoms with E-state index >= 15 is 0 Å². The van der Waals surface area contributed by atoms with Gasteiger partial charge in [0.1, 0.15) is 4.90 Å². The van der Waals surface area contributed by atoms with Crippen LogP contribution in [0.25, 0.3) is 0 Å². The molecule has 0 aliphatic carbocycles. The Kier molecular flexibility index (Phi) is 3.22. The molecule has 9 heteroatoms. The van der Waals surface area contributed by atoms with Gasteiger partial charge in [-0.15, -0.1) is 0 Å². The second-order valence-electron chi connectivity index (χ2n) is 4.68. The number of imide groups is 1. The van der Waals surface area contributed by atoms with E-state index in [-0.39, 0.29) is 26.0 Å². The second-order valence-corrected chi connectivity index (χ2v) is 6.43. The van der Waals surface area contributed by atoms with Crippen LogP contribution in [-0.2, 0) is 10.0 Å². The molecule has 1 heterocycles. The van der Waals surface area contributed by atoms with Crippen LogP contribution in [0.2, 0.25) is 0 Å². The van der Waals surface area contributed by atoms with Crippen molar-refractivity contribution in [3.63, 3.8) is 0 Å². The number of carbonyl (C=O) groups excluding carboxylic acids is 2. The molecule has 1 aliphatic heterocycles. The van der Waals surface area contributed by atoms with Gasteiger partial charge < -0.3 is 0 Å². The molecule has 0 aromatic heterocycles. The van der Waals surface area contributed by atoms with Crippen molar-refractivity contribution >= 4 is 27.5 Å². The van der Waals surface area contributed by atoms with Crippen molar-refractivity contribution in [1.29, 1.82) is 0 Å². The molecule has 8 nitrogen and oxygen atoms in total. The van der Waals surface area contributed by atoms with Crippen molar-refractivity contribution < 1.29 is 22.9 Å². The molecule has 0 saturated carbocycles. The van der Waals surface area contributed by atoms with Crippen LogP contribution in [0, 0.1) is 10.1 Å². The van der Waals surface area contributed by atoms with Crippen molar-refractivity contribution in [1.82, 2.24) is 4.31 Å². The number of benzene rings is 2. The van der Waals surface area contributed by atoms with Gasteiger partial charge >= 0.3 is 0 Å². The Labute approximate surface area is 130 Å². The Morgan fingerprint density at radius 2 is 1.65 bits per heavy atom. The minimum atomic E-state index is -4.27. The molecule has 0 radical (unpaired) electrons. The van der Waals surface area contributed by atoms with Crippen LogP contribution in [0.4, 0.5) is 5.69 Å². The summed E-state index contributed by atoms with van der Waals surface area (Å²) < 4.78 is 24.9. The molecule has 2 amide bonds. The van der Waals surface area contributed by atoms with Crippen LogP contribution < -0.4 is 0 Å². The average molecular weight is 332 g/mol. The van der Waals surface area contributed by atoms with Gasteiger partial charge in [0.15, 0.2) is 0 Å². The van der Waals surface area contributed by atoms with Gasteiger partial charge in [-0.1, -0.05) is 12.1 Å². The molecule has 3 rings (SSSR count). The third-order valence-corrected chi connectivity index (χ3v) is 5.05. The number of carbonyl (C=O) groups is 2. The number of fused-ring (bicyclic) bond motifs is 1. The summed E-state index contributed by atoms with van der Waals surface area (Å²) in [5.74, 6) is -2.00. The number of hydrogen-bond donors (Lipinski definition) is 0. The lowest BCUT2D eigenvalue weighted by Crippen LogP contribution is -2.36. The number of nitro groups is 1. The lowest BCUT2D eigenvalue weighted by molar-refractivity contribution is -0.384. The molecule has 0 unspecified atom stereocenters. The van der Waals surface area contributed by atoms with Crippen molar-refractivity contribution in [2.75, 3.05) is 0 Å². The maximum Gasteiger partial charge on any atom is 0.276 e. The van der Waals surface area contributed by atoms with Gasteiger partial charge in [-0.25, -0.2) is 8.42 Å². The number of hydrogen-bond acceptors (Lipinski definition) is 6. The Hall–Kier alpha value is -3.07. The first kappa shape index (κ1) is 14.9. The Morgan fingerprint density at radius 1 is 1.04 bits per heavy atom. The first-order valence-electron chi connectivity index (χ1n) is 6.31. The minimum absolute atomic E-state index is 0.0808. The Balaban J connectivity index is 2.04. The summed E-state index contributed by atoms with van der Waals surface area (Å²) in [5.41, 5.74) is -0.469. The summed E-state index contributed by atoms with van der Waals surface area (Å²) in [4.78, 5) is 34.3. The lowest BCUT2D eigenvalue weighted by Gasteiger charge is -2.12. The zero-order chi connectivity index (χ0) is 16.8. The molecule has 2 aromatic carbocycles. The molecular weight excluding hydrogens is 324 g/mol. The van der Waals surface area contributed by atoms with Crippen LogP contribution in [0.5, 0.6) is 0 Å². The molecular formula is C14H8N2O6S. The Morgan fingerprint density at radius 3 is 2.22 bits per heavy atom. The van der Waals surface area contributed by atoms with E-state index < -0.39 is 26.8 Å². The van der Waals surface area contributed by atoms with Crippen molar-refractivity contribution in [2.24, 2.45) is 0 Å². The highest BCUT2D eigenvalue weighted by Crippen LogP contribution is 2.31. The largest absolute Gasteiger partial charge is 0.276 e. The van der Waals surface area contributed by atoms with E-state index in [4.69, 9.17) is 0 Å². The number of non-ortho nitro benzene ring substituents is 1. The molecule has 0 spiro atoms. The number of nitrogens with zero attached hydrogens (tertiary/aromatic N) is 2. The summed E-state index contributed by atoms with van der Waals surface area (Å²) in [6.07, 6.45) is 0. The van der Waals surface area contributed by atoms with Gasteiger partial charge in [-0.3, -0.25) is 19.7 Å². The standard InChI is InChI=1S/C14H8N2O6S/c17-13(9-5-7-10(8-6-9)16(19)20)15-14(18)11-3-1-2-4-12(11)23(15,21)22/h1-8H. The molecule has 23 heavy (non-hydrogen) atoms. The highest BCUT2D eigenvalue weighted by Gasteiger charge is 2.45. The summed E-state index contributed by atoms with van der Waals surface area (Å²) in [6, 6.07) is 9.83. The molecule has 0 fully saturated rings. The number of sulfonamides is 1. The second kappa shape index (κ2) is 4.99. The molecule has 0 saturated heterocycles. The van der Waals surface area contributed by atoms with Crippen LogP contribution in [-0.4, -0.2) is 29.5 Å². The monoisotopic (exact) mass is 332 g/mol. The summed E-state index contributed by atoms with van der Waals surface area (Å²) in [5, 5.41) is 10.6. The van der Waals surface area contributed by atoms with Crippen LogP contribution in [0.15, 0.2) is 53.4 Å². The third-order valence-electron chi connectivity index (χ3n) is 3.33. The smallest absolute Gasteiger partial charge is 0.267 e. The zero-order valence-corrected chi connectivity index (χ0v) is 12.2. The minimum Gasteiger partial charge on any atom is -0.267 e. The number of amides is 2. The maximum atomic E-state index is 12.4. The highest BCUT2D eigenvalue weighted by atomic mass is 32.2. The van der Waals surface area contributed by atoms with E-state index in [0.717, 1.165) is 24.3 Å². The van der Waals surface area contributed by atoms with Crippen LogP contribution in [0.3, 0.4) is 0 Å². The van der Waals surface area contributed by atoms with E-state index in [1.807, 2.05) is 0 Å². The first-order valence-corrected chi connectivity index (χ1v) is 7.75. The van der Waals surface area contributed by atoms with E-state index in [9.17, 15) is 28.1 Å². The van der Waals surface area contributed by atoms with E-state index in [0.29, 0.717) is 0 Å². The van der Waals surface area contributed by atoms with Crippen molar-refractivity contribution in [3.8, 4) is 0 Å². The van der Waals surface area contributed by atoms with Gasteiger partial charge in [0.25, 0.3) is 27.5 Å². The van der Waals surface area contributed by atoms with Gasteiger partial charge in [-0.05, 0) is 24.3 Å². The molecule has 0 atom stereocenters. The van der Waals surface area contributed by atoms with Gasteiger partial charge in [0.2, 0.25) is 0 Å². The fraction of sp³-hybridized carbons (Fsp3) is 0. The van der Waals surface area contributed by atoms with E-state index in [2.05, 4.69) is 0 Å². The average Bonchev–Trinajstić information content (AvgIpc) is 2.74. The van der Waals surface area contributed by atoms with Gasteiger partial charge in [-0.2, -0.15) is 4.31 Å². The molecule has 2 aromatic rings. The molecule has 0 N–H and O–H groups in total. The van der Waals surface area contributed by atoms with Gasteiger partial charge in [0.05, 0.1) is 10.5 Å². The molecule has 116 valence electrons. The van der Waals surface area contributed by atoms with Crippen LogP contribution in [0.1, 0.15) is 20.7 Å². The fourth-order valence-electron chi connectivity index (χ4n) is 2.23. The maximum absolute atomic E-state index is 12.4. The van der Waals surface area contributed by atoms with Crippen molar-refractivity contribution in [2.45, 2.75) is 4.90 Å². The SMILES string of the molecule is O=C(c1ccc([N+](=O)[O-])cc1)N1C(=O)c2ccccc2S1(=O)=O. The van der Waals surface area contributed by atoms with E-state index in [1.165, 1.54) is 24.3 Å². The van der Waals surface area contributed by atoms with Crippen molar-refractivity contribution in [3.05, 3.63) is 69.8 Å². The quantitative estimate of drug-likeness (QED) is 0.468. The number of nitro benzene ring substituents is 1. The molecule has 0 bridgehead atoms. The fourth-order valence-corrected chi connectivity index (χ4v) is 3.75. The normalized spacial score (nSPS) is 15.3. The Bertz CT molecular complexity index is 949. The molecule has 1 aliphatic rings. The van der Waals surface area contributed by atoms with Gasteiger partial charge in [0, 0.05) is 17.7 Å².